The van der Waals surface area contributed by atoms with Gasteiger partial charge in [0.1, 0.15) is 0 Å². The van der Waals surface area contributed by atoms with E-state index in [4.69, 9.17) is 0 Å². The Morgan fingerprint density at radius 2 is 0.810 bits per heavy atom. The van der Waals surface area contributed by atoms with Crippen molar-refractivity contribution in [2.24, 2.45) is 0 Å². The van der Waals surface area contributed by atoms with Crippen LogP contribution in [0.5, 0.6) is 0 Å². The lowest BCUT2D eigenvalue weighted by Gasteiger charge is -2.30. The average Bonchev–Trinajstić information content (AvgIpc) is 3.90. The molecule has 10 aromatic carbocycles. The summed E-state index contributed by atoms with van der Waals surface area (Å²) in [4.78, 5) is 2.44. The van der Waals surface area contributed by atoms with E-state index in [0.717, 1.165) is 28.2 Å². The molecule has 0 bridgehead atoms. The van der Waals surface area contributed by atoms with Crippen LogP contribution in [0.4, 0.5) is 17.1 Å². The number of hydrogen-bond acceptors (Lipinski definition) is 2. The van der Waals surface area contributed by atoms with Crippen LogP contribution in [0.3, 0.4) is 0 Å². The molecule has 2 nitrogen and oxygen atoms in total. The summed E-state index contributed by atoms with van der Waals surface area (Å²) in [5, 5.41) is 5.11. The SMILES string of the molecule is c1ccc(-c2ccccc2-c2ccccc2N(c2ccccc2)c2ccccc2-c2ccccc2-c2ccc3c(c2)c2ccccc2n3-c2ccc3c(c2)sc2ccccc23)cc1. The maximum absolute atomic E-state index is 2.44. The van der Waals surface area contributed by atoms with E-state index in [2.05, 4.69) is 252 Å². The molecule has 0 radical (unpaired) electrons. The molecule has 0 unspecified atom stereocenters. The van der Waals surface area contributed by atoms with Crippen LogP contribution in [0.15, 0.2) is 243 Å². The third-order valence-electron chi connectivity index (χ3n) is 12.4. The first kappa shape index (κ1) is 36.8. The Kier molecular flexibility index (Phi) is 9.06. The molecule has 12 rings (SSSR count). The highest BCUT2D eigenvalue weighted by molar-refractivity contribution is 7.25. The molecule has 0 aliphatic rings. The Balaban J connectivity index is 1.02. The van der Waals surface area contributed by atoms with Crippen molar-refractivity contribution >= 4 is 70.4 Å². The molecule has 63 heavy (non-hydrogen) atoms. The average molecular weight is 821 g/mol. The van der Waals surface area contributed by atoms with Gasteiger partial charge in [0.2, 0.25) is 0 Å². The van der Waals surface area contributed by atoms with E-state index in [1.807, 2.05) is 11.3 Å². The molecule has 0 N–H and O–H groups in total. The number of aromatic nitrogens is 1. The van der Waals surface area contributed by atoms with Crippen LogP contribution in [-0.2, 0) is 0 Å². The molecule has 0 amide bonds. The Bertz CT molecular complexity index is 3640. The van der Waals surface area contributed by atoms with Crippen LogP contribution in [0.2, 0.25) is 0 Å². The van der Waals surface area contributed by atoms with Crippen LogP contribution >= 0.6 is 11.3 Å². The van der Waals surface area contributed by atoms with Gasteiger partial charge in [0.15, 0.2) is 0 Å². The monoisotopic (exact) mass is 820 g/mol. The molecule has 0 aliphatic heterocycles. The lowest BCUT2D eigenvalue weighted by atomic mass is 9.91. The number of nitrogens with zero attached hydrogens (tertiary/aromatic N) is 2. The summed E-state index contributed by atoms with van der Waals surface area (Å²) < 4.78 is 5.06. The first-order chi connectivity index (χ1) is 31.3. The molecule has 3 heteroatoms. The van der Waals surface area contributed by atoms with E-state index in [-0.39, 0.29) is 0 Å². The number of hydrogen-bond donors (Lipinski definition) is 0. The number of rotatable bonds is 8. The molecule has 0 spiro atoms. The lowest BCUT2D eigenvalue weighted by molar-refractivity contribution is 1.19. The third-order valence-corrected chi connectivity index (χ3v) is 13.6. The van der Waals surface area contributed by atoms with E-state index >= 15 is 0 Å². The van der Waals surface area contributed by atoms with Crippen molar-refractivity contribution in [2.45, 2.75) is 0 Å². The van der Waals surface area contributed by atoms with E-state index in [9.17, 15) is 0 Å². The molecular formula is C60H40N2S. The van der Waals surface area contributed by atoms with Gasteiger partial charge in [-0.25, -0.2) is 0 Å². The topological polar surface area (TPSA) is 8.17 Å². The molecule has 0 saturated heterocycles. The third kappa shape index (κ3) is 6.33. The molecule has 2 aromatic heterocycles. The number of anilines is 3. The van der Waals surface area contributed by atoms with Crippen LogP contribution in [-0.4, -0.2) is 4.57 Å². The molecule has 0 aliphatic carbocycles. The summed E-state index contributed by atoms with van der Waals surface area (Å²) in [7, 11) is 0. The Morgan fingerprint density at radius 1 is 0.302 bits per heavy atom. The Labute approximate surface area is 370 Å². The van der Waals surface area contributed by atoms with Gasteiger partial charge in [-0.1, -0.05) is 182 Å². The van der Waals surface area contributed by atoms with Crippen molar-refractivity contribution in [1.29, 1.82) is 0 Å². The summed E-state index contributed by atoms with van der Waals surface area (Å²) in [6, 6.07) is 88.4. The van der Waals surface area contributed by atoms with Gasteiger partial charge in [-0.05, 0) is 94.0 Å². The highest BCUT2D eigenvalue weighted by atomic mass is 32.1. The fraction of sp³-hybridized carbons (Fsp3) is 0. The number of thiophene rings is 1. The van der Waals surface area contributed by atoms with Gasteiger partial charge in [-0.2, -0.15) is 0 Å². The van der Waals surface area contributed by atoms with Crippen molar-refractivity contribution in [1.82, 2.24) is 4.57 Å². The van der Waals surface area contributed by atoms with Crippen molar-refractivity contribution in [3.8, 4) is 50.2 Å². The Morgan fingerprint density at radius 3 is 1.51 bits per heavy atom. The smallest absolute Gasteiger partial charge is 0.0541 e. The van der Waals surface area contributed by atoms with Crippen molar-refractivity contribution in [3.63, 3.8) is 0 Å². The minimum Gasteiger partial charge on any atom is -0.309 e. The minimum atomic E-state index is 1.09. The highest BCUT2D eigenvalue weighted by Crippen LogP contribution is 2.48. The van der Waals surface area contributed by atoms with Gasteiger partial charge in [0, 0.05) is 53.4 Å². The summed E-state index contributed by atoms with van der Waals surface area (Å²) in [6.45, 7) is 0. The second kappa shape index (κ2) is 15.5. The zero-order valence-electron chi connectivity index (χ0n) is 34.4. The second-order valence-corrected chi connectivity index (χ2v) is 17.1. The largest absolute Gasteiger partial charge is 0.309 e. The molecule has 296 valence electrons. The van der Waals surface area contributed by atoms with Crippen molar-refractivity contribution < 1.29 is 0 Å². The van der Waals surface area contributed by atoms with E-state index in [1.54, 1.807) is 0 Å². The number of fused-ring (bicyclic) bond motifs is 6. The summed E-state index contributed by atoms with van der Waals surface area (Å²) in [6.07, 6.45) is 0. The van der Waals surface area contributed by atoms with Gasteiger partial charge >= 0.3 is 0 Å². The fourth-order valence-electron chi connectivity index (χ4n) is 9.61. The molecule has 0 fully saturated rings. The van der Waals surface area contributed by atoms with E-state index in [1.165, 1.54) is 81.0 Å². The van der Waals surface area contributed by atoms with Crippen molar-refractivity contribution in [2.75, 3.05) is 4.90 Å². The highest BCUT2D eigenvalue weighted by Gasteiger charge is 2.23. The summed E-state index contributed by atoms with van der Waals surface area (Å²) in [5.74, 6) is 0. The maximum Gasteiger partial charge on any atom is 0.0541 e. The van der Waals surface area contributed by atoms with E-state index < -0.39 is 0 Å². The van der Waals surface area contributed by atoms with Gasteiger partial charge < -0.3 is 9.47 Å². The van der Waals surface area contributed by atoms with E-state index in [0.29, 0.717) is 0 Å². The van der Waals surface area contributed by atoms with Gasteiger partial charge in [-0.3, -0.25) is 0 Å². The second-order valence-electron chi connectivity index (χ2n) is 16.0. The molecule has 0 saturated carbocycles. The predicted molar refractivity (Wildman–Crippen MR) is 270 cm³/mol. The first-order valence-corrected chi connectivity index (χ1v) is 22.3. The molecule has 12 aromatic rings. The lowest BCUT2D eigenvalue weighted by Crippen LogP contribution is -2.12. The summed E-state index contributed by atoms with van der Waals surface area (Å²) in [5.41, 5.74) is 16.3. The molecular weight excluding hydrogens is 781 g/mol. The van der Waals surface area contributed by atoms with Crippen LogP contribution in [0, 0.1) is 0 Å². The predicted octanol–water partition coefficient (Wildman–Crippen LogP) is 17.3. The fourth-order valence-corrected chi connectivity index (χ4v) is 10.7. The Hall–Kier alpha value is -7.98. The van der Waals surface area contributed by atoms with Gasteiger partial charge in [0.05, 0.1) is 22.4 Å². The quantitative estimate of drug-likeness (QED) is 0.148. The summed E-state index contributed by atoms with van der Waals surface area (Å²) >= 11 is 1.87. The van der Waals surface area contributed by atoms with Gasteiger partial charge in [-0.15, -0.1) is 11.3 Å². The normalized spacial score (nSPS) is 11.5. The minimum absolute atomic E-state index is 1.09. The first-order valence-electron chi connectivity index (χ1n) is 21.5. The zero-order valence-corrected chi connectivity index (χ0v) is 35.2. The molecule has 2 heterocycles. The van der Waals surface area contributed by atoms with Crippen LogP contribution < -0.4 is 4.90 Å². The molecule has 0 atom stereocenters. The number of benzene rings is 10. The zero-order chi connectivity index (χ0) is 41.7. The van der Waals surface area contributed by atoms with Crippen LogP contribution in [0.1, 0.15) is 0 Å². The standard InChI is InChI=1S/C60H40N2S/c1-3-19-41(20-4-1)45-23-7-9-25-47(45)49-27-11-15-31-55(49)61(43-21-5-2-6-22-43)56-32-16-12-28-50(56)48-26-10-8-24-46(48)42-35-38-58-54(39-42)51-29-13-17-33-57(51)62(58)44-36-37-53-52-30-14-18-34-59(52)63-60(53)40-44/h1-40H. The van der Waals surface area contributed by atoms with Crippen LogP contribution in [0.25, 0.3) is 92.2 Å². The number of para-hydroxylation sites is 4. The van der Waals surface area contributed by atoms with Crippen molar-refractivity contribution in [3.05, 3.63) is 243 Å². The maximum atomic E-state index is 2.44. The van der Waals surface area contributed by atoms with Gasteiger partial charge in [0.25, 0.3) is 0 Å².